The summed E-state index contributed by atoms with van der Waals surface area (Å²) in [7, 11) is 0. The first-order valence-electron chi connectivity index (χ1n) is 7.00. The van der Waals surface area contributed by atoms with Gasteiger partial charge in [0.25, 0.3) is 0 Å². The Kier molecular flexibility index (Phi) is 4.90. The smallest absolute Gasteiger partial charge is 0.222 e. The average Bonchev–Trinajstić information content (AvgIpc) is 2.50. The van der Waals surface area contributed by atoms with Crippen LogP contribution in [-0.2, 0) is 0 Å². The summed E-state index contributed by atoms with van der Waals surface area (Å²) in [6.45, 7) is 9.19. The number of anilines is 2. The van der Waals surface area contributed by atoms with Crippen LogP contribution in [-0.4, -0.2) is 27.7 Å². The van der Waals surface area contributed by atoms with E-state index in [1.807, 2.05) is 0 Å². The van der Waals surface area contributed by atoms with E-state index >= 15 is 0 Å². The standard InChI is InChI=1S/C15H19N5O/c1-3-4-5-11(9-21)18-14-12-7-6-10(17-2)8-13(12)19-15(16)20-14/h6-8,11,21H,3-5,9H2,1H3,(H3,16,18,19,20)/t11-/m1/s1. The molecule has 1 aromatic heterocycles. The van der Waals surface area contributed by atoms with Gasteiger partial charge >= 0.3 is 0 Å². The highest BCUT2D eigenvalue weighted by Crippen LogP contribution is 2.26. The second-order valence-corrected chi connectivity index (χ2v) is 4.91. The lowest BCUT2D eigenvalue weighted by molar-refractivity contribution is 0.267. The molecule has 0 amide bonds. The number of fused-ring (bicyclic) bond motifs is 1. The summed E-state index contributed by atoms with van der Waals surface area (Å²) in [5.74, 6) is 0.753. The highest BCUT2D eigenvalue weighted by Gasteiger charge is 2.12. The maximum absolute atomic E-state index is 9.46. The molecule has 0 spiro atoms. The van der Waals surface area contributed by atoms with Crippen LogP contribution in [0.4, 0.5) is 17.5 Å². The molecule has 0 aliphatic heterocycles. The van der Waals surface area contributed by atoms with E-state index in [1.165, 1.54) is 0 Å². The largest absolute Gasteiger partial charge is 0.394 e. The minimum absolute atomic E-state index is 0.0333. The first-order chi connectivity index (χ1) is 10.2. The second kappa shape index (κ2) is 6.86. The molecule has 0 bridgehead atoms. The lowest BCUT2D eigenvalue weighted by atomic mass is 10.1. The Morgan fingerprint density at radius 3 is 2.90 bits per heavy atom. The number of nitrogens with zero attached hydrogens (tertiary/aromatic N) is 3. The molecule has 0 saturated carbocycles. The summed E-state index contributed by atoms with van der Waals surface area (Å²) in [6.07, 6.45) is 2.95. The molecule has 21 heavy (non-hydrogen) atoms. The zero-order chi connectivity index (χ0) is 15.2. The third-order valence-corrected chi connectivity index (χ3v) is 3.29. The summed E-state index contributed by atoms with van der Waals surface area (Å²) in [4.78, 5) is 11.8. The zero-order valence-corrected chi connectivity index (χ0v) is 12.0. The molecule has 1 heterocycles. The molecular formula is C15H19N5O. The van der Waals surface area contributed by atoms with Gasteiger partial charge in [-0.05, 0) is 12.5 Å². The van der Waals surface area contributed by atoms with Crippen LogP contribution in [0.2, 0.25) is 0 Å². The van der Waals surface area contributed by atoms with Crippen molar-refractivity contribution in [2.24, 2.45) is 0 Å². The van der Waals surface area contributed by atoms with Gasteiger partial charge in [-0.15, -0.1) is 0 Å². The Morgan fingerprint density at radius 2 is 2.24 bits per heavy atom. The maximum atomic E-state index is 9.46. The number of nitrogens with one attached hydrogen (secondary N) is 1. The summed E-state index contributed by atoms with van der Waals surface area (Å²) >= 11 is 0. The fourth-order valence-corrected chi connectivity index (χ4v) is 2.17. The fraction of sp³-hybridized carbons (Fsp3) is 0.400. The predicted molar refractivity (Wildman–Crippen MR) is 84.2 cm³/mol. The lowest BCUT2D eigenvalue weighted by Crippen LogP contribution is -2.24. The van der Waals surface area contributed by atoms with E-state index in [2.05, 4.69) is 27.1 Å². The Balaban J connectivity index is 2.36. The van der Waals surface area contributed by atoms with Crippen LogP contribution in [0.3, 0.4) is 0 Å². The number of rotatable bonds is 6. The third kappa shape index (κ3) is 3.58. The molecule has 1 atom stereocenters. The fourth-order valence-electron chi connectivity index (χ4n) is 2.17. The molecular weight excluding hydrogens is 266 g/mol. The molecule has 6 nitrogen and oxygen atoms in total. The summed E-state index contributed by atoms with van der Waals surface area (Å²) < 4.78 is 0. The first-order valence-corrected chi connectivity index (χ1v) is 7.00. The van der Waals surface area contributed by atoms with Crippen molar-refractivity contribution in [3.63, 3.8) is 0 Å². The number of nitrogen functional groups attached to an aromatic ring is 1. The summed E-state index contributed by atoms with van der Waals surface area (Å²) in [5, 5.41) is 13.5. The zero-order valence-electron chi connectivity index (χ0n) is 12.0. The van der Waals surface area contributed by atoms with Crippen molar-refractivity contribution in [3.8, 4) is 0 Å². The van der Waals surface area contributed by atoms with E-state index in [0.29, 0.717) is 17.0 Å². The molecule has 0 fully saturated rings. The Bertz CT molecular complexity index is 665. The van der Waals surface area contributed by atoms with Gasteiger partial charge in [0.15, 0.2) is 5.69 Å². The van der Waals surface area contributed by atoms with Crippen molar-refractivity contribution >= 4 is 28.4 Å². The minimum atomic E-state index is -0.0667. The van der Waals surface area contributed by atoms with Crippen molar-refractivity contribution in [2.75, 3.05) is 17.7 Å². The highest BCUT2D eigenvalue weighted by atomic mass is 16.3. The number of unbranched alkanes of at least 4 members (excludes halogenated alkanes) is 1. The number of benzene rings is 1. The van der Waals surface area contributed by atoms with E-state index in [9.17, 15) is 5.11 Å². The molecule has 6 heteroatoms. The predicted octanol–water partition coefficient (Wildman–Crippen LogP) is 2.73. The molecule has 0 radical (unpaired) electrons. The van der Waals surface area contributed by atoms with Crippen molar-refractivity contribution < 1.29 is 5.11 Å². The van der Waals surface area contributed by atoms with Crippen LogP contribution in [0.25, 0.3) is 15.7 Å². The topological polar surface area (TPSA) is 88.4 Å². The van der Waals surface area contributed by atoms with Gasteiger partial charge in [-0.1, -0.05) is 31.9 Å². The quantitative estimate of drug-likeness (QED) is 0.710. The van der Waals surface area contributed by atoms with Crippen molar-refractivity contribution in [1.29, 1.82) is 0 Å². The molecule has 2 aromatic rings. The molecule has 0 aliphatic carbocycles. The van der Waals surface area contributed by atoms with Gasteiger partial charge in [0.05, 0.1) is 24.7 Å². The second-order valence-electron chi connectivity index (χ2n) is 4.91. The van der Waals surface area contributed by atoms with E-state index in [0.717, 1.165) is 24.6 Å². The van der Waals surface area contributed by atoms with Gasteiger partial charge in [0, 0.05) is 5.39 Å². The van der Waals surface area contributed by atoms with Crippen LogP contribution in [0.15, 0.2) is 18.2 Å². The van der Waals surface area contributed by atoms with Crippen LogP contribution in [0.1, 0.15) is 26.2 Å². The van der Waals surface area contributed by atoms with Crippen molar-refractivity contribution in [2.45, 2.75) is 32.2 Å². The van der Waals surface area contributed by atoms with Gasteiger partial charge in [-0.3, -0.25) is 0 Å². The molecule has 0 unspecified atom stereocenters. The average molecular weight is 285 g/mol. The number of nitrogens with two attached hydrogens (primary N) is 1. The van der Waals surface area contributed by atoms with Gasteiger partial charge in [0.2, 0.25) is 5.95 Å². The third-order valence-electron chi connectivity index (χ3n) is 3.29. The Hall–Kier alpha value is -2.39. The van der Waals surface area contributed by atoms with Crippen LogP contribution >= 0.6 is 0 Å². The SMILES string of the molecule is [C-]#[N+]c1ccc2c(N[C@@H](CO)CCCC)nc(N)nc2c1. The minimum Gasteiger partial charge on any atom is -0.394 e. The van der Waals surface area contributed by atoms with Crippen LogP contribution < -0.4 is 11.1 Å². The summed E-state index contributed by atoms with van der Waals surface area (Å²) in [6, 6.07) is 5.15. The Labute approximate surface area is 123 Å². The molecule has 1 aromatic carbocycles. The van der Waals surface area contributed by atoms with Crippen molar-refractivity contribution in [1.82, 2.24) is 9.97 Å². The van der Waals surface area contributed by atoms with Crippen LogP contribution in [0, 0.1) is 6.57 Å². The van der Waals surface area contributed by atoms with E-state index in [-0.39, 0.29) is 18.6 Å². The maximum Gasteiger partial charge on any atom is 0.222 e. The number of hydrogen-bond acceptors (Lipinski definition) is 5. The number of aromatic nitrogens is 2. The Morgan fingerprint density at radius 1 is 1.43 bits per heavy atom. The first kappa shape index (κ1) is 15.0. The van der Waals surface area contributed by atoms with E-state index < -0.39 is 0 Å². The van der Waals surface area contributed by atoms with E-state index in [4.69, 9.17) is 12.3 Å². The molecule has 110 valence electrons. The van der Waals surface area contributed by atoms with Crippen LogP contribution in [0.5, 0.6) is 0 Å². The van der Waals surface area contributed by atoms with Gasteiger partial charge in [-0.25, -0.2) is 9.83 Å². The molecule has 0 saturated heterocycles. The molecule has 4 N–H and O–H groups in total. The van der Waals surface area contributed by atoms with Gasteiger partial charge in [-0.2, -0.15) is 4.98 Å². The van der Waals surface area contributed by atoms with E-state index in [1.54, 1.807) is 18.2 Å². The van der Waals surface area contributed by atoms with Gasteiger partial charge in [0.1, 0.15) is 5.82 Å². The van der Waals surface area contributed by atoms with Crippen molar-refractivity contribution in [3.05, 3.63) is 29.6 Å². The van der Waals surface area contributed by atoms with Gasteiger partial charge < -0.3 is 16.2 Å². The normalized spacial score (nSPS) is 12.0. The summed E-state index contributed by atoms with van der Waals surface area (Å²) in [5.41, 5.74) is 6.87. The molecule has 2 rings (SSSR count). The number of aliphatic hydroxyl groups excluding tert-OH is 1. The lowest BCUT2D eigenvalue weighted by Gasteiger charge is -2.18. The molecule has 0 aliphatic rings. The highest BCUT2D eigenvalue weighted by molar-refractivity contribution is 5.92. The number of hydrogen-bond donors (Lipinski definition) is 3. The monoisotopic (exact) mass is 285 g/mol. The number of aliphatic hydroxyl groups is 1.